The number of thioether (sulfide) groups is 1. The molecule has 1 amide bonds. The van der Waals surface area contributed by atoms with E-state index in [1.807, 2.05) is 11.8 Å². The molecule has 3 aliphatic rings. The van der Waals surface area contributed by atoms with Crippen molar-refractivity contribution in [2.75, 3.05) is 12.3 Å². The minimum absolute atomic E-state index is 0.289. The van der Waals surface area contributed by atoms with Crippen molar-refractivity contribution in [1.29, 1.82) is 0 Å². The summed E-state index contributed by atoms with van der Waals surface area (Å²) in [4.78, 5) is 12.0. The molecule has 0 aliphatic carbocycles. The summed E-state index contributed by atoms with van der Waals surface area (Å²) in [5.41, 5.74) is 0. The van der Waals surface area contributed by atoms with Crippen LogP contribution in [0.5, 0.6) is 0 Å². The Morgan fingerprint density at radius 2 is 1.95 bits per heavy atom. The van der Waals surface area contributed by atoms with E-state index in [0.29, 0.717) is 23.3 Å². The summed E-state index contributed by atoms with van der Waals surface area (Å²) in [5.74, 6) is 2.19. The minimum atomic E-state index is 0.289. The number of amides is 1. The summed E-state index contributed by atoms with van der Waals surface area (Å²) >= 11 is 2.04. The van der Waals surface area contributed by atoms with Crippen LogP contribution >= 0.6 is 11.8 Å². The first-order valence-electron chi connectivity index (χ1n) is 7.94. The molecule has 0 saturated carbocycles. The molecule has 0 spiro atoms. The molecule has 3 heterocycles. The van der Waals surface area contributed by atoms with Gasteiger partial charge in [0, 0.05) is 30.3 Å². The van der Waals surface area contributed by atoms with Crippen LogP contribution in [0.2, 0.25) is 0 Å². The first-order valence-corrected chi connectivity index (χ1v) is 8.99. The van der Waals surface area contributed by atoms with Crippen molar-refractivity contribution in [2.24, 2.45) is 5.92 Å². The number of hydrogen-bond acceptors (Lipinski definition) is 3. The van der Waals surface area contributed by atoms with Crippen LogP contribution in [0, 0.1) is 5.92 Å². The molecule has 3 unspecified atom stereocenters. The Kier molecular flexibility index (Phi) is 4.69. The second-order valence-corrected chi connectivity index (χ2v) is 7.88. The van der Waals surface area contributed by atoms with E-state index in [0.717, 1.165) is 13.0 Å². The second-order valence-electron chi connectivity index (χ2n) is 6.47. The van der Waals surface area contributed by atoms with E-state index in [2.05, 4.69) is 10.6 Å². The highest BCUT2D eigenvalue weighted by Crippen LogP contribution is 2.32. The molecular formula is C15H26N2OS. The van der Waals surface area contributed by atoms with Gasteiger partial charge in [0.05, 0.1) is 0 Å². The minimum Gasteiger partial charge on any atom is -0.355 e. The van der Waals surface area contributed by atoms with Crippen molar-refractivity contribution in [3.8, 4) is 0 Å². The molecule has 19 heavy (non-hydrogen) atoms. The van der Waals surface area contributed by atoms with Gasteiger partial charge >= 0.3 is 0 Å². The monoisotopic (exact) mass is 282 g/mol. The lowest BCUT2D eigenvalue weighted by atomic mass is 9.89. The van der Waals surface area contributed by atoms with Crippen LogP contribution < -0.4 is 10.6 Å². The largest absolute Gasteiger partial charge is 0.355 e. The van der Waals surface area contributed by atoms with E-state index in [-0.39, 0.29) is 5.91 Å². The summed E-state index contributed by atoms with van der Waals surface area (Å²) in [6.45, 7) is 0.890. The van der Waals surface area contributed by atoms with Crippen LogP contribution in [0.25, 0.3) is 0 Å². The van der Waals surface area contributed by atoms with Gasteiger partial charge in [-0.05, 0) is 50.2 Å². The summed E-state index contributed by atoms with van der Waals surface area (Å²) in [6.07, 6.45) is 9.79. The maximum Gasteiger partial charge on any atom is 0.220 e. The van der Waals surface area contributed by atoms with Gasteiger partial charge in [-0.15, -0.1) is 0 Å². The van der Waals surface area contributed by atoms with Crippen molar-refractivity contribution in [3.63, 3.8) is 0 Å². The molecule has 3 nitrogen and oxygen atoms in total. The molecule has 0 aromatic heterocycles. The van der Waals surface area contributed by atoms with E-state index in [1.54, 1.807) is 0 Å². The number of hydrogen-bond donors (Lipinski definition) is 2. The summed E-state index contributed by atoms with van der Waals surface area (Å²) in [6, 6.07) is 1.40. The number of carbonyl (C=O) groups excluding carboxylic acids is 1. The maximum absolute atomic E-state index is 12.0. The van der Waals surface area contributed by atoms with Gasteiger partial charge in [-0.25, -0.2) is 0 Å². The number of nitrogens with one attached hydrogen (secondary N) is 2. The third-order valence-electron chi connectivity index (χ3n) is 4.85. The zero-order valence-corrected chi connectivity index (χ0v) is 12.5. The van der Waals surface area contributed by atoms with Crippen molar-refractivity contribution in [2.45, 2.75) is 68.7 Å². The smallest absolute Gasteiger partial charge is 0.220 e. The normalized spacial score (nSPS) is 38.1. The van der Waals surface area contributed by atoms with E-state index >= 15 is 0 Å². The lowest BCUT2D eigenvalue weighted by molar-refractivity contribution is -0.122. The Labute approximate surface area is 120 Å². The highest BCUT2D eigenvalue weighted by atomic mass is 32.2. The predicted octanol–water partition coefficient (Wildman–Crippen LogP) is 2.31. The molecular weight excluding hydrogens is 256 g/mol. The molecule has 3 fully saturated rings. The van der Waals surface area contributed by atoms with Crippen LogP contribution in [-0.2, 0) is 4.79 Å². The summed E-state index contributed by atoms with van der Waals surface area (Å²) < 4.78 is 0. The van der Waals surface area contributed by atoms with Gasteiger partial charge in [0.15, 0.2) is 0 Å². The molecule has 3 saturated heterocycles. The van der Waals surface area contributed by atoms with Gasteiger partial charge in [-0.2, -0.15) is 11.8 Å². The highest BCUT2D eigenvalue weighted by Gasteiger charge is 2.34. The molecule has 108 valence electrons. The van der Waals surface area contributed by atoms with Gasteiger partial charge in [0.1, 0.15) is 0 Å². The summed E-state index contributed by atoms with van der Waals surface area (Å²) in [5, 5.41) is 7.48. The van der Waals surface area contributed by atoms with E-state index < -0.39 is 0 Å². The molecule has 3 atom stereocenters. The zero-order chi connectivity index (χ0) is 13.1. The quantitative estimate of drug-likeness (QED) is 0.831. The van der Waals surface area contributed by atoms with Crippen LogP contribution in [-0.4, -0.2) is 35.5 Å². The first-order chi connectivity index (χ1) is 9.29. The van der Waals surface area contributed by atoms with Gasteiger partial charge in [-0.3, -0.25) is 4.79 Å². The first kappa shape index (κ1) is 13.7. The fourth-order valence-corrected chi connectivity index (χ4v) is 5.11. The Morgan fingerprint density at radius 1 is 1.16 bits per heavy atom. The van der Waals surface area contributed by atoms with Crippen molar-refractivity contribution in [3.05, 3.63) is 0 Å². The number of rotatable bonds is 4. The molecule has 2 N–H and O–H groups in total. The average molecular weight is 282 g/mol. The molecule has 4 heteroatoms. The number of piperidine rings is 1. The molecule has 3 aliphatic heterocycles. The average Bonchev–Trinajstić information content (AvgIpc) is 2.77. The standard InChI is InChI=1S/C15H26N2OS/c18-15(16-10-14-3-1-2-6-19-14)9-11-7-12-4-5-13(8-11)17-12/h11-14,17H,1-10H2,(H,16,18). The maximum atomic E-state index is 12.0. The van der Waals surface area contributed by atoms with Crippen molar-refractivity contribution in [1.82, 2.24) is 10.6 Å². The van der Waals surface area contributed by atoms with Crippen molar-refractivity contribution >= 4 is 17.7 Å². The lowest BCUT2D eigenvalue weighted by Crippen LogP contribution is -2.40. The topological polar surface area (TPSA) is 41.1 Å². The van der Waals surface area contributed by atoms with Crippen LogP contribution in [0.1, 0.15) is 51.4 Å². The van der Waals surface area contributed by atoms with Gasteiger partial charge < -0.3 is 10.6 Å². The van der Waals surface area contributed by atoms with Crippen LogP contribution in [0.4, 0.5) is 0 Å². The second kappa shape index (κ2) is 6.49. The summed E-state index contributed by atoms with van der Waals surface area (Å²) in [7, 11) is 0. The fraction of sp³-hybridized carbons (Fsp3) is 0.933. The molecule has 0 radical (unpaired) electrons. The molecule has 0 aromatic carbocycles. The Morgan fingerprint density at radius 3 is 2.63 bits per heavy atom. The third-order valence-corrected chi connectivity index (χ3v) is 6.24. The molecule has 2 bridgehead atoms. The Balaban J connectivity index is 1.36. The van der Waals surface area contributed by atoms with Gasteiger partial charge in [0.2, 0.25) is 5.91 Å². The lowest BCUT2D eigenvalue weighted by Gasteiger charge is -2.29. The SMILES string of the molecule is O=C(CC1CC2CCC(C1)N2)NCC1CCCCS1. The van der Waals surface area contributed by atoms with Crippen molar-refractivity contribution < 1.29 is 4.79 Å². The Hall–Kier alpha value is -0.220. The predicted molar refractivity (Wildman–Crippen MR) is 80.4 cm³/mol. The van der Waals surface area contributed by atoms with E-state index in [9.17, 15) is 4.79 Å². The molecule has 0 aromatic rings. The van der Waals surface area contributed by atoms with Crippen LogP contribution in [0.15, 0.2) is 0 Å². The van der Waals surface area contributed by atoms with Crippen LogP contribution in [0.3, 0.4) is 0 Å². The van der Waals surface area contributed by atoms with Gasteiger partial charge in [0.25, 0.3) is 0 Å². The third kappa shape index (κ3) is 3.88. The van der Waals surface area contributed by atoms with E-state index in [1.165, 1.54) is 50.7 Å². The van der Waals surface area contributed by atoms with Gasteiger partial charge in [-0.1, -0.05) is 6.42 Å². The molecule has 3 rings (SSSR count). The Bertz CT molecular complexity index is 305. The fourth-order valence-electron chi connectivity index (χ4n) is 3.87. The zero-order valence-electron chi connectivity index (χ0n) is 11.7. The number of fused-ring (bicyclic) bond motifs is 2. The van der Waals surface area contributed by atoms with E-state index in [4.69, 9.17) is 0 Å². The highest BCUT2D eigenvalue weighted by molar-refractivity contribution is 7.99. The number of carbonyl (C=O) groups is 1.